The second kappa shape index (κ2) is 9.92. The van der Waals surface area contributed by atoms with Gasteiger partial charge in [0.15, 0.2) is 0 Å². The molecule has 2 amide bonds. The Hall–Kier alpha value is -2.92. The van der Waals surface area contributed by atoms with Crippen molar-refractivity contribution in [3.05, 3.63) is 87.6 Å². The van der Waals surface area contributed by atoms with E-state index in [-0.39, 0.29) is 17.9 Å². The van der Waals surface area contributed by atoms with Crippen LogP contribution in [0.4, 0.5) is 5.69 Å². The maximum atomic E-state index is 14.3. The number of benzene rings is 2. The van der Waals surface area contributed by atoms with Crippen molar-refractivity contribution in [3.8, 4) is 0 Å². The van der Waals surface area contributed by atoms with Crippen LogP contribution in [0.3, 0.4) is 0 Å². The number of carbonyl (C=O) groups is 2. The van der Waals surface area contributed by atoms with E-state index in [1.165, 1.54) is 5.56 Å². The Kier molecular flexibility index (Phi) is 6.99. The molecule has 0 spiro atoms. The van der Waals surface area contributed by atoms with E-state index in [0.717, 1.165) is 22.5 Å². The molecule has 0 unspecified atom stereocenters. The zero-order chi connectivity index (χ0) is 23.5. The molecule has 3 aromatic rings. The summed E-state index contributed by atoms with van der Waals surface area (Å²) < 4.78 is 0. The van der Waals surface area contributed by atoms with Gasteiger partial charge in [-0.25, -0.2) is 0 Å². The van der Waals surface area contributed by atoms with Gasteiger partial charge < -0.3 is 9.80 Å². The number of thiophene rings is 1. The van der Waals surface area contributed by atoms with Gasteiger partial charge in [-0.1, -0.05) is 57.2 Å². The molecule has 4 rings (SSSR count). The van der Waals surface area contributed by atoms with E-state index in [4.69, 9.17) is 0 Å². The van der Waals surface area contributed by atoms with Gasteiger partial charge in [0.2, 0.25) is 5.91 Å². The Morgan fingerprint density at radius 1 is 1.03 bits per heavy atom. The van der Waals surface area contributed by atoms with E-state index in [9.17, 15) is 9.59 Å². The summed E-state index contributed by atoms with van der Waals surface area (Å²) in [6, 6.07) is 19.6. The predicted molar refractivity (Wildman–Crippen MR) is 136 cm³/mol. The van der Waals surface area contributed by atoms with Gasteiger partial charge in [0.25, 0.3) is 5.91 Å². The molecule has 5 heteroatoms. The SMILES string of the molecule is CCc1ccc(N(CC)C(=O)[C@@H]2c3ccccc3C(=O)N(CC(C)C)[C@H]2c2cccs2)cc1. The van der Waals surface area contributed by atoms with Crippen LogP contribution in [0.2, 0.25) is 0 Å². The molecule has 0 radical (unpaired) electrons. The molecule has 0 bridgehead atoms. The molecular weight excluding hydrogens is 428 g/mol. The topological polar surface area (TPSA) is 40.6 Å². The van der Waals surface area contributed by atoms with E-state index in [1.807, 2.05) is 64.6 Å². The van der Waals surface area contributed by atoms with Crippen LogP contribution in [0.25, 0.3) is 0 Å². The van der Waals surface area contributed by atoms with Gasteiger partial charge in [0.1, 0.15) is 0 Å². The number of anilines is 1. The van der Waals surface area contributed by atoms with E-state index in [2.05, 4.69) is 39.0 Å². The van der Waals surface area contributed by atoms with Crippen molar-refractivity contribution in [3.63, 3.8) is 0 Å². The number of fused-ring (bicyclic) bond motifs is 1. The molecule has 33 heavy (non-hydrogen) atoms. The first kappa shape index (κ1) is 23.2. The number of nitrogens with zero attached hydrogens (tertiary/aromatic N) is 2. The number of carbonyl (C=O) groups excluding carboxylic acids is 2. The zero-order valence-corrected chi connectivity index (χ0v) is 20.6. The number of aryl methyl sites for hydroxylation is 1. The van der Waals surface area contributed by atoms with Gasteiger partial charge in [-0.2, -0.15) is 0 Å². The number of likely N-dealkylation sites (N-methyl/N-ethyl adjacent to an activating group) is 1. The van der Waals surface area contributed by atoms with Gasteiger partial charge in [-0.3, -0.25) is 9.59 Å². The molecule has 0 fully saturated rings. The van der Waals surface area contributed by atoms with Crippen LogP contribution >= 0.6 is 11.3 Å². The van der Waals surface area contributed by atoms with Crippen molar-refractivity contribution < 1.29 is 9.59 Å². The fourth-order valence-electron chi connectivity index (χ4n) is 4.77. The van der Waals surface area contributed by atoms with Gasteiger partial charge in [-0.15, -0.1) is 11.3 Å². The zero-order valence-electron chi connectivity index (χ0n) is 19.8. The summed E-state index contributed by atoms with van der Waals surface area (Å²) in [5.41, 5.74) is 3.61. The molecule has 1 aromatic heterocycles. The summed E-state index contributed by atoms with van der Waals surface area (Å²) in [7, 11) is 0. The smallest absolute Gasteiger partial charge is 0.254 e. The van der Waals surface area contributed by atoms with Crippen LogP contribution in [0.1, 0.15) is 66.0 Å². The van der Waals surface area contributed by atoms with Crippen molar-refractivity contribution in [2.45, 2.75) is 46.1 Å². The van der Waals surface area contributed by atoms with Crippen molar-refractivity contribution in [1.29, 1.82) is 0 Å². The summed E-state index contributed by atoms with van der Waals surface area (Å²) >= 11 is 1.61. The van der Waals surface area contributed by atoms with Gasteiger partial charge in [0.05, 0.1) is 12.0 Å². The molecule has 1 aliphatic heterocycles. The highest BCUT2D eigenvalue weighted by atomic mass is 32.1. The fourth-order valence-corrected chi connectivity index (χ4v) is 5.65. The highest BCUT2D eigenvalue weighted by molar-refractivity contribution is 7.10. The molecule has 2 aromatic carbocycles. The van der Waals surface area contributed by atoms with E-state index < -0.39 is 5.92 Å². The maximum absolute atomic E-state index is 14.3. The van der Waals surface area contributed by atoms with Crippen molar-refractivity contribution in [1.82, 2.24) is 4.90 Å². The van der Waals surface area contributed by atoms with Gasteiger partial charge in [0, 0.05) is 29.2 Å². The Labute approximate surface area is 200 Å². The molecule has 0 aliphatic carbocycles. The molecule has 172 valence electrons. The predicted octanol–water partition coefficient (Wildman–Crippen LogP) is 6.30. The number of hydrogen-bond acceptors (Lipinski definition) is 3. The molecule has 1 aliphatic rings. The van der Waals surface area contributed by atoms with Crippen molar-refractivity contribution in [2.24, 2.45) is 5.92 Å². The van der Waals surface area contributed by atoms with Crippen LogP contribution in [0.5, 0.6) is 0 Å². The molecule has 4 nitrogen and oxygen atoms in total. The molecule has 0 saturated heterocycles. The Balaban J connectivity index is 1.85. The third kappa shape index (κ3) is 4.47. The molecular formula is C28H32N2O2S. The molecule has 0 saturated carbocycles. The third-order valence-electron chi connectivity index (χ3n) is 6.34. The van der Waals surface area contributed by atoms with Gasteiger partial charge in [-0.05, 0) is 60.0 Å². The van der Waals surface area contributed by atoms with E-state index in [0.29, 0.717) is 24.6 Å². The summed E-state index contributed by atoms with van der Waals surface area (Å²) in [6.45, 7) is 9.54. The minimum Gasteiger partial charge on any atom is -0.329 e. The molecule has 2 atom stereocenters. The first-order valence-corrected chi connectivity index (χ1v) is 12.7. The van der Waals surface area contributed by atoms with Crippen LogP contribution in [-0.2, 0) is 11.2 Å². The lowest BCUT2D eigenvalue weighted by atomic mass is 9.80. The maximum Gasteiger partial charge on any atom is 0.254 e. The van der Waals surface area contributed by atoms with Crippen molar-refractivity contribution in [2.75, 3.05) is 18.0 Å². The highest BCUT2D eigenvalue weighted by Crippen LogP contribution is 2.45. The fraction of sp³-hybridized carbons (Fsp3) is 0.357. The largest absolute Gasteiger partial charge is 0.329 e. The summed E-state index contributed by atoms with van der Waals surface area (Å²) in [6.07, 6.45) is 0.961. The minimum absolute atomic E-state index is 0.0112. The quantitative estimate of drug-likeness (QED) is 0.415. The van der Waals surface area contributed by atoms with Crippen LogP contribution in [-0.4, -0.2) is 29.8 Å². The lowest BCUT2D eigenvalue weighted by molar-refractivity contribution is -0.121. The summed E-state index contributed by atoms with van der Waals surface area (Å²) in [4.78, 5) is 32.7. The Morgan fingerprint density at radius 3 is 2.36 bits per heavy atom. The van der Waals surface area contributed by atoms with Crippen LogP contribution in [0, 0.1) is 5.92 Å². The lowest BCUT2D eigenvalue weighted by Crippen LogP contribution is -2.49. The lowest BCUT2D eigenvalue weighted by Gasteiger charge is -2.43. The van der Waals surface area contributed by atoms with Crippen LogP contribution in [0.15, 0.2) is 66.0 Å². The standard InChI is InChI=1S/C28H32N2O2S/c1-5-20-13-15-21(16-14-20)29(6-2)28(32)25-22-10-7-8-11-23(22)27(31)30(18-19(3)4)26(25)24-12-9-17-33-24/h7-17,19,25-26H,5-6,18H2,1-4H3/t25-,26+/m1/s1. The second-order valence-corrected chi connectivity index (χ2v) is 9.96. The average Bonchev–Trinajstić information content (AvgIpc) is 3.36. The van der Waals surface area contributed by atoms with Gasteiger partial charge >= 0.3 is 0 Å². The number of rotatable bonds is 7. The number of hydrogen-bond donors (Lipinski definition) is 0. The first-order valence-electron chi connectivity index (χ1n) is 11.8. The van der Waals surface area contributed by atoms with E-state index >= 15 is 0 Å². The van der Waals surface area contributed by atoms with Crippen LogP contribution < -0.4 is 4.90 Å². The molecule has 0 N–H and O–H groups in total. The Morgan fingerprint density at radius 2 is 1.76 bits per heavy atom. The third-order valence-corrected chi connectivity index (χ3v) is 7.28. The monoisotopic (exact) mass is 460 g/mol. The average molecular weight is 461 g/mol. The highest BCUT2D eigenvalue weighted by Gasteiger charge is 2.46. The second-order valence-electron chi connectivity index (χ2n) is 8.98. The van der Waals surface area contributed by atoms with E-state index in [1.54, 1.807) is 11.3 Å². The first-order chi connectivity index (χ1) is 16.0. The summed E-state index contributed by atoms with van der Waals surface area (Å²) in [5, 5.41) is 2.02. The molecule has 2 heterocycles. The summed E-state index contributed by atoms with van der Waals surface area (Å²) in [5.74, 6) is -0.116. The van der Waals surface area contributed by atoms with Crippen molar-refractivity contribution >= 4 is 28.8 Å². The normalized spacial score (nSPS) is 17.8. The Bertz CT molecular complexity index is 1110. The minimum atomic E-state index is -0.456. The number of amides is 2.